The smallest absolute Gasteiger partial charge is 0.341 e. The first-order chi connectivity index (χ1) is 13.4. The Balaban J connectivity index is 1.99. The van der Waals surface area contributed by atoms with E-state index in [4.69, 9.17) is 14.6 Å². The van der Waals surface area contributed by atoms with E-state index in [1.54, 1.807) is 18.2 Å². The normalized spacial score (nSPS) is 10.5. The summed E-state index contributed by atoms with van der Waals surface area (Å²) in [5.74, 6) is -1.08. The van der Waals surface area contributed by atoms with Crippen LogP contribution >= 0.6 is 0 Å². The van der Waals surface area contributed by atoms with E-state index in [1.165, 1.54) is 37.6 Å². The molecule has 10 heteroatoms. The first-order valence-electron chi connectivity index (χ1n) is 7.97. The van der Waals surface area contributed by atoms with Crippen LogP contribution in [0.15, 0.2) is 47.6 Å². The van der Waals surface area contributed by atoms with Gasteiger partial charge in [-0.3, -0.25) is 14.9 Å². The molecule has 2 rings (SSSR count). The SMILES string of the molecule is COc1cc(C=NNC(=O)Cc2ccccc2[N+](=O)[O-])ccc1OCC(=O)O. The van der Waals surface area contributed by atoms with Gasteiger partial charge in [0.25, 0.3) is 5.69 Å². The lowest BCUT2D eigenvalue weighted by molar-refractivity contribution is -0.385. The Hall–Kier alpha value is -3.95. The van der Waals surface area contributed by atoms with Gasteiger partial charge in [0, 0.05) is 11.6 Å². The number of carbonyl (C=O) groups is 2. The highest BCUT2D eigenvalue weighted by molar-refractivity contribution is 5.84. The predicted octanol–water partition coefficient (Wildman–Crippen LogP) is 1.76. The Morgan fingerprint density at radius 1 is 1.25 bits per heavy atom. The van der Waals surface area contributed by atoms with Crippen LogP contribution < -0.4 is 14.9 Å². The molecule has 0 fully saturated rings. The third-order valence-electron chi connectivity index (χ3n) is 3.48. The van der Waals surface area contributed by atoms with Crippen LogP contribution in [0.5, 0.6) is 11.5 Å². The first kappa shape index (κ1) is 20.4. The van der Waals surface area contributed by atoms with Crippen molar-refractivity contribution >= 4 is 23.8 Å². The van der Waals surface area contributed by atoms with E-state index in [2.05, 4.69) is 10.5 Å². The van der Waals surface area contributed by atoms with Crippen LogP contribution in [0.3, 0.4) is 0 Å². The molecule has 0 aliphatic rings. The highest BCUT2D eigenvalue weighted by Crippen LogP contribution is 2.27. The van der Waals surface area contributed by atoms with E-state index in [0.29, 0.717) is 11.3 Å². The lowest BCUT2D eigenvalue weighted by atomic mass is 10.1. The number of nitro benzene ring substituents is 1. The third kappa shape index (κ3) is 5.80. The van der Waals surface area contributed by atoms with Crippen molar-refractivity contribution in [2.45, 2.75) is 6.42 Å². The van der Waals surface area contributed by atoms with E-state index in [0.717, 1.165) is 0 Å². The van der Waals surface area contributed by atoms with Gasteiger partial charge < -0.3 is 14.6 Å². The summed E-state index contributed by atoms with van der Waals surface area (Å²) in [6, 6.07) is 10.6. The molecule has 0 aliphatic heterocycles. The van der Waals surface area contributed by atoms with Gasteiger partial charge in [-0.15, -0.1) is 0 Å². The number of amides is 1. The minimum Gasteiger partial charge on any atom is -0.493 e. The highest BCUT2D eigenvalue weighted by Gasteiger charge is 2.15. The number of nitro groups is 1. The van der Waals surface area contributed by atoms with Gasteiger partial charge in [0.2, 0.25) is 5.91 Å². The molecule has 28 heavy (non-hydrogen) atoms. The summed E-state index contributed by atoms with van der Waals surface area (Å²) < 4.78 is 10.2. The maximum Gasteiger partial charge on any atom is 0.341 e. The number of benzene rings is 2. The molecule has 146 valence electrons. The van der Waals surface area contributed by atoms with Gasteiger partial charge in [0.05, 0.1) is 24.7 Å². The number of rotatable bonds is 9. The second-order valence-corrected chi connectivity index (χ2v) is 5.45. The van der Waals surface area contributed by atoms with Gasteiger partial charge in [0.15, 0.2) is 18.1 Å². The van der Waals surface area contributed by atoms with Gasteiger partial charge in [-0.1, -0.05) is 18.2 Å². The van der Waals surface area contributed by atoms with Crippen LogP contribution in [-0.4, -0.2) is 41.8 Å². The van der Waals surface area contributed by atoms with Crippen molar-refractivity contribution in [3.8, 4) is 11.5 Å². The zero-order valence-electron chi connectivity index (χ0n) is 14.8. The van der Waals surface area contributed by atoms with Crippen LogP contribution in [0, 0.1) is 10.1 Å². The molecule has 10 nitrogen and oxygen atoms in total. The minimum absolute atomic E-state index is 0.136. The fraction of sp³-hybridized carbons (Fsp3) is 0.167. The number of aliphatic carboxylic acids is 1. The van der Waals surface area contributed by atoms with E-state index in [-0.39, 0.29) is 23.4 Å². The second-order valence-electron chi connectivity index (χ2n) is 5.45. The number of para-hydroxylation sites is 1. The van der Waals surface area contributed by atoms with Crippen molar-refractivity contribution in [1.82, 2.24) is 5.43 Å². The molecule has 2 N–H and O–H groups in total. The predicted molar refractivity (Wildman–Crippen MR) is 98.7 cm³/mol. The molecule has 2 aromatic carbocycles. The maximum absolute atomic E-state index is 12.0. The largest absolute Gasteiger partial charge is 0.493 e. The molecule has 2 aromatic rings. The highest BCUT2D eigenvalue weighted by atomic mass is 16.6. The number of carbonyl (C=O) groups excluding carboxylic acids is 1. The maximum atomic E-state index is 12.0. The number of methoxy groups -OCH3 is 1. The lowest BCUT2D eigenvalue weighted by Crippen LogP contribution is -2.20. The van der Waals surface area contributed by atoms with Gasteiger partial charge >= 0.3 is 5.97 Å². The monoisotopic (exact) mass is 387 g/mol. The summed E-state index contributed by atoms with van der Waals surface area (Å²) >= 11 is 0. The fourth-order valence-electron chi connectivity index (χ4n) is 2.25. The molecule has 0 aromatic heterocycles. The summed E-state index contributed by atoms with van der Waals surface area (Å²) in [5.41, 5.74) is 3.00. The van der Waals surface area contributed by atoms with Crippen molar-refractivity contribution in [3.63, 3.8) is 0 Å². The summed E-state index contributed by atoms with van der Waals surface area (Å²) in [4.78, 5) is 32.9. The zero-order chi connectivity index (χ0) is 20.5. The van der Waals surface area contributed by atoms with E-state index in [1.807, 2.05) is 0 Å². The molecule has 0 aliphatic carbocycles. The standard InChI is InChI=1S/C18H17N3O7/c1-27-16-8-12(6-7-15(16)28-11-18(23)24)10-19-20-17(22)9-13-4-2-3-5-14(13)21(25)26/h2-8,10H,9,11H2,1H3,(H,20,22)(H,23,24). The van der Waals surface area contributed by atoms with Gasteiger partial charge in [-0.2, -0.15) is 5.10 Å². The number of carboxylic acids is 1. The van der Waals surface area contributed by atoms with Crippen LogP contribution in [0.2, 0.25) is 0 Å². The number of hydrogen-bond donors (Lipinski definition) is 2. The zero-order valence-corrected chi connectivity index (χ0v) is 14.8. The number of nitrogens with one attached hydrogen (secondary N) is 1. The Bertz CT molecular complexity index is 912. The molecule has 1 amide bonds. The van der Waals surface area contributed by atoms with Crippen LogP contribution in [0.1, 0.15) is 11.1 Å². The molecule has 0 saturated heterocycles. The topological polar surface area (TPSA) is 140 Å². The average molecular weight is 387 g/mol. The van der Waals surface area contributed by atoms with E-state index in [9.17, 15) is 19.7 Å². The van der Waals surface area contributed by atoms with Gasteiger partial charge in [-0.25, -0.2) is 10.2 Å². The number of hydrazone groups is 1. The molecular formula is C18H17N3O7. The number of nitrogens with zero attached hydrogens (tertiary/aromatic N) is 2. The number of carboxylic acid groups (broad SMARTS) is 1. The van der Waals surface area contributed by atoms with E-state index >= 15 is 0 Å². The van der Waals surface area contributed by atoms with Crippen LogP contribution in [0.4, 0.5) is 5.69 Å². The Kier molecular flexibility index (Phi) is 7.03. The van der Waals surface area contributed by atoms with Crippen molar-refractivity contribution in [2.24, 2.45) is 5.10 Å². The molecule has 0 spiro atoms. The summed E-state index contributed by atoms with van der Waals surface area (Å²) in [6.07, 6.45) is 1.15. The molecule has 0 bridgehead atoms. The third-order valence-corrected chi connectivity index (χ3v) is 3.48. The quantitative estimate of drug-likeness (QED) is 0.379. The van der Waals surface area contributed by atoms with Crippen molar-refractivity contribution in [3.05, 3.63) is 63.7 Å². The summed E-state index contributed by atoms with van der Waals surface area (Å²) in [5, 5.41) is 23.4. The minimum atomic E-state index is -1.12. The Morgan fingerprint density at radius 2 is 2.00 bits per heavy atom. The molecule has 0 radical (unpaired) electrons. The van der Waals surface area contributed by atoms with Gasteiger partial charge in [-0.05, 0) is 23.8 Å². The van der Waals surface area contributed by atoms with Crippen LogP contribution in [0.25, 0.3) is 0 Å². The second kappa shape index (κ2) is 9.67. The Morgan fingerprint density at radius 3 is 2.68 bits per heavy atom. The lowest BCUT2D eigenvalue weighted by Gasteiger charge is -2.09. The van der Waals surface area contributed by atoms with Crippen molar-refractivity contribution in [1.29, 1.82) is 0 Å². The molecule has 0 unspecified atom stereocenters. The Labute approximate surface area is 159 Å². The van der Waals surface area contributed by atoms with E-state index < -0.39 is 23.4 Å². The average Bonchev–Trinajstić information content (AvgIpc) is 2.66. The molecule has 0 heterocycles. The number of ether oxygens (including phenoxy) is 2. The fourth-order valence-corrected chi connectivity index (χ4v) is 2.25. The summed E-state index contributed by atoms with van der Waals surface area (Å²) in [7, 11) is 1.40. The molecular weight excluding hydrogens is 370 g/mol. The molecule has 0 atom stereocenters. The van der Waals surface area contributed by atoms with Gasteiger partial charge in [0.1, 0.15) is 0 Å². The first-order valence-corrected chi connectivity index (χ1v) is 7.97. The molecule has 0 saturated carbocycles. The van der Waals surface area contributed by atoms with Crippen molar-refractivity contribution < 1.29 is 29.1 Å². The summed E-state index contributed by atoms with van der Waals surface area (Å²) in [6.45, 7) is -0.508. The van der Waals surface area contributed by atoms with Crippen molar-refractivity contribution in [2.75, 3.05) is 13.7 Å². The number of hydrogen-bond acceptors (Lipinski definition) is 7. The van der Waals surface area contributed by atoms with Crippen LogP contribution in [-0.2, 0) is 16.0 Å².